The molecule has 0 bridgehead atoms. The predicted octanol–water partition coefficient (Wildman–Crippen LogP) is 0.223. The zero-order valence-corrected chi connectivity index (χ0v) is 15.1. The van der Waals surface area contributed by atoms with Crippen molar-refractivity contribution in [1.82, 2.24) is 0 Å². The second-order valence-electron chi connectivity index (χ2n) is 7.02. The van der Waals surface area contributed by atoms with Gasteiger partial charge in [-0.1, -0.05) is 71.1 Å². The molecule has 0 saturated heterocycles. The summed E-state index contributed by atoms with van der Waals surface area (Å²) in [6, 6.07) is 0. The van der Waals surface area contributed by atoms with E-state index in [0.717, 1.165) is 19.3 Å². The summed E-state index contributed by atoms with van der Waals surface area (Å²) in [6.45, 7) is 2.21. The van der Waals surface area contributed by atoms with E-state index in [2.05, 4.69) is 6.92 Å². The van der Waals surface area contributed by atoms with Crippen molar-refractivity contribution in [2.24, 2.45) is 34.4 Å². The molecule has 0 amide bonds. The summed E-state index contributed by atoms with van der Waals surface area (Å²) in [6.07, 6.45) is 11.8. The first-order valence-corrected chi connectivity index (χ1v) is 8.97. The zero-order valence-electron chi connectivity index (χ0n) is 15.1. The van der Waals surface area contributed by atoms with Gasteiger partial charge in [0.05, 0.1) is 5.66 Å². The van der Waals surface area contributed by atoms with Crippen molar-refractivity contribution in [2.45, 2.75) is 94.5 Å². The highest BCUT2D eigenvalue weighted by Crippen LogP contribution is 2.22. The van der Waals surface area contributed by atoms with Crippen LogP contribution in [0.4, 0.5) is 0 Å². The van der Waals surface area contributed by atoms with Gasteiger partial charge in [-0.05, 0) is 6.42 Å². The number of nitrogens with two attached hydrogens (primary N) is 6. The molecule has 0 heterocycles. The Labute approximate surface area is 145 Å². The topological polar surface area (TPSA) is 193 Å². The molecule has 0 aliphatic heterocycles. The highest BCUT2D eigenvalue weighted by Gasteiger charge is 2.56. The molecule has 24 heavy (non-hydrogen) atoms. The summed E-state index contributed by atoms with van der Waals surface area (Å²) in [5.74, 6) is -1.55. The van der Waals surface area contributed by atoms with Gasteiger partial charge in [-0.15, -0.1) is 0 Å². The fourth-order valence-corrected chi connectivity index (χ4v) is 2.67. The molecule has 0 aliphatic rings. The van der Waals surface area contributed by atoms with Crippen LogP contribution in [-0.4, -0.2) is 28.1 Å². The smallest absolute Gasteiger partial charge is 0.342 e. The standard InChI is InChI=1S/C16H38N6O2/c1-2-3-4-5-6-7-8-9-10-11-12-14(17,18)16(21,22)15(19,20)13(23)24/h2-12,17-22H2,1H3,(H,23,24). The predicted molar refractivity (Wildman–Crippen MR) is 97.4 cm³/mol. The summed E-state index contributed by atoms with van der Waals surface area (Å²) in [5, 5.41) is 9.07. The van der Waals surface area contributed by atoms with Crippen molar-refractivity contribution >= 4 is 5.97 Å². The Balaban J connectivity index is 4.07. The second-order valence-corrected chi connectivity index (χ2v) is 7.02. The fraction of sp³-hybridized carbons (Fsp3) is 0.938. The average molecular weight is 347 g/mol. The van der Waals surface area contributed by atoms with E-state index in [-0.39, 0.29) is 6.42 Å². The van der Waals surface area contributed by atoms with Gasteiger partial charge in [0.1, 0.15) is 5.66 Å². The van der Waals surface area contributed by atoms with E-state index in [0.29, 0.717) is 6.42 Å². The molecule has 0 fully saturated rings. The van der Waals surface area contributed by atoms with Gasteiger partial charge in [0, 0.05) is 0 Å². The Morgan fingerprint density at radius 1 is 0.750 bits per heavy atom. The third kappa shape index (κ3) is 6.62. The minimum atomic E-state index is -2.41. The molecule has 0 rings (SSSR count). The maximum Gasteiger partial charge on any atom is 0.342 e. The molecule has 0 atom stereocenters. The summed E-state index contributed by atoms with van der Waals surface area (Å²) >= 11 is 0. The highest BCUT2D eigenvalue weighted by atomic mass is 16.4. The Hall–Kier alpha value is -0.770. The monoisotopic (exact) mass is 346 g/mol. The van der Waals surface area contributed by atoms with Gasteiger partial charge in [-0.3, -0.25) is 0 Å². The van der Waals surface area contributed by atoms with Gasteiger partial charge in [-0.25, -0.2) is 4.79 Å². The van der Waals surface area contributed by atoms with Crippen LogP contribution in [0.3, 0.4) is 0 Å². The molecule has 8 heteroatoms. The lowest BCUT2D eigenvalue weighted by molar-refractivity contribution is -0.147. The van der Waals surface area contributed by atoms with Crippen LogP contribution in [0, 0.1) is 0 Å². The highest BCUT2D eigenvalue weighted by molar-refractivity contribution is 5.80. The molecule has 0 aromatic heterocycles. The van der Waals surface area contributed by atoms with E-state index in [4.69, 9.17) is 39.5 Å². The normalized spacial score (nSPS) is 13.3. The molecule has 0 saturated carbocycles. The third-order valence-electron chi connectivity index (χ3n) is 4.75. The van der Waals surface area contributed by atoms with Gasteiger partial charge < -0.3 is 39.5 Å². The largest absolute Gasteiger partial charge is 0.479 e. The Morgan fingerprint density at radius 2 is 1.12 bits per heavy atom. The fourth-order valence-electron chi connectivity index (χ4n) is 2.67. The lowest BCUT2D eigenvalue weighted by Crippen LogP contribution is -2.91. The minimum Gasteiger partial charge on any atom is -0.479 e. The molecular weight excluding hydrogens is 308 g/mol. The van der Waals surface area contributed by atoms with E-state index in [1.165, 1.54) is 38.5 Å². The number of carbonyl (C=O) groups is 1. The summed E-state index contributed by atoms with van der Waals surface area (Å²) < 4.78 is 0. The van der Waals surface area contributed by atoms with E-state index < -0.39 is 23.0 Å². The van der Waals surface area contributed by atoms with Crippen molar-refractivity contribution in [3.05, 3.63) is 0 Å². The second kappa shape index (κ2) is 10.3. The number of hydrogen-bond donors (Lipinski definition) is 7. The number of rotatable bonds is 14. The molecule has 0 spiro atoms. The number of hydrogen-bond acceptors (Lipinski definition) is 7. The summed E-state index contributed by atoms with van der Waals surface area (Å²) in [7, 11) is 0. The van der Waals surface area contributed by atoms with Crippen LogP contribution in [0.25, 0.3) is 0 Å². The van der Waals surface area contributed by atoms with Gasteiger partial charge in [0.15, 0.2) is 5.66 Å². The van der Waals surface area contributed by atoms with Crippen molar-refractivity contribution < 1.29 is 9.90 Å². The van der Waals surface area contributed by atoms with E-state index in [9.17, 15) is 4.79 Å². The van der Waals surface area contributed by atoms with Crippen LogP contribution in [0.1, 0.15) is 77.6 Å². The maximum absolute atomic E-state index is 11.1. The number of unbranched alkanes of at least 4 members (excludes halogenated alkanes) is 9. The third-order valence-corrected chi connectivity index (χ3v) is 4.75. The molecule has 0 aromatic rings. The van der Waals surface area contributed by atoms with Crippen LogP contribution in [0.15, 0.2) is 0 Å². The van der Waals surface area contributed by atoms with Crippen LogP contribution in [-0.2, 0) is 4.79 Å². The first kappa shape index (κ1) is 23.2. The maximum atomic E-state index is 11.1. The van der Waals surface area contributed by atoms with Gasteiger partial charge >= 0.3 is 5.97 Å². The van der Waals surface area contributed by atoms with Gasteiger partial charge in [0.25, 0.3) is 0 Å². The molecule has 0 aromatic carbocycles. The number of aliphatic carboxylic acids is 1. The number of carboxylic acids is 1. The van der Waals surface area contributed by atoms with Gasteiger partial charge in [0.2, 0.25) is 0 Å². The van der Waals surface area contributed by atoms with Crippen LogP contribution in [0.2, 0.25) is 0 Å². The average Bonchev–Trinajstić information content (AvgIpc) is 2.48. The van der Waals surface area contributed by atoms with Crippen molar-refractivity contribution in [3.8, 4) is 0 Å². The van der Waals surface area contributed by atoms with Crippen molar-refractivity contribution in [1.29, 1.82) is 0 Å². The van der Waals surface area contributed by atoms with E-state index in [1.807, 2.05) is 0 Å². The quantitative estimate of drug-likeness (QED) is 0.171. The molecule has 0 unspecified atom stereocenters. The molecule has 8 nitrogen and oxygen atoms in total. The summed E-state index contributed by atoms with van der Waals surface area (Å²) in [5.41, 5.74) is 28.3. The molecule has 13 N–H and O–H groups in total. The first-order valence-electron chi connectivity index (χ1n) is 8.97. The van der Waals surface area contributed by atoms with Gasteiger partial charge in [-0.2, -0.15) is 0 Å². The molecule has 0 aliphatic carbocycles. The molecule has 144 valence electrons. The minimum absolute atomic E-state index is 0.250. The first-order chi connectivity index (χ1) is 11.0. The van der Waals surface area contributed by atoms with E-state index in [1.54, 1.807) is 0 Å². The van der Waals surface area contributed by atoms with E-state index >= 15 is 0 Å². The molecular formula is C16H38N6O2. The van der Waals surface area contributed by atoms with Crippen LogP contribution in [0.5, 0.6) is 0 Å². The zero-order chi connectivity index (χ0) is 18.9. The lowest BCUT2D eigenvalue weighted by Gasteiger charge is -2.47. The molecule has 0 radical (unpaired) electrons. The lowest BCUT2D eigenvalue weighted by atomic mass is 9.81. The van der Waals surface area contributed by atoms with Crippen LogP contribution < -0.4 is 34.4 Å². The Bertz CT molecular complexity index is 372. The number of carboxylic acid groups (broad SMARTS) is 1. The van der Waals surface area contributed by atoms with Crippen molar-refractivity contribution in [2.75, 3.05) is 0 Å². The summed E-state index contributed by atoms with van der Waals surface area (Å²) in [4.78, 5) is 11.1. The Morgan fingerprint density at radius 3 is 1.50 bits per heavy atom. The van der Waals surface area contributed by atoms with Crippen molar-refractivity contribution in [3.63, 3.8) is 0 Å². The SMILES string of the molecule is CCCCCCCCCCCCC(N)(N)C(N)(N)C(N)(N)C(=O)O. The Kier molecular flexibility index (Phi) is 9.94. The van der Waals surface area contributed by atoms with Crippen LogP contribution >= 0.6 is 0 Å².